The Morgan fingerprint density at radius 1 is 0.440 bits per heavy atom. The Hall–Kier alpha value is -1.54. The molecule has 1 amide bonds. The summed E-state index contributed by atoms with van der Waals surface area (Å²) in [7, 11) is 1.55. The van der Waals surface area contributed by atoms with Gasteiger partial charge >= 0.3 is 7.82 Å². The van der Waals surface area contributed by atoms with Crippen LogP contribution in [0, 0.1) is 0 Å². The van der Waals surface area contributed by atoms with E-state index in [4.69, 9.17) is 9.05 Å². The van der Waals surface area contributed by atoms with Crippen molar-refractivity contribution in [3.8, 4) is 0 Å². The van der Waals surface area contributed by atoms with Crippen LogP contribution in [0.3, 0.4) is 0 Å². The second-order valence-electron chi connectivity index (χ2n) is 23.5. The van der Waals surface area contributed by atoms with E-state index >= 15 is 0 Å². The first-order valence-corrected chi connectivity index (χ1v) is 34.0. The van der Waals surface area contributed by atoms with Gasteiger partial charge in [-0.3, -0.25) is 13.8 Å². The highest BCUT2D eigenvalue weighted by Crippen LogP contribution is 2.43. The lowest BCUT2D eigenvalue weighted by Crippen LogP contribution is -2.45. The van der Waals surface area contributed by atoms with Gasteiger partial charge in [0.05, 0.1) is 39.9 Å². The van der Waals surface area contributed by atoms with Crippen molar-refractivity contribution < 1.29 is 32.9 Å². The van der Waals surface area contributed by atoms with Crippen molar-refractivity contribution in [2.45, 2.75) is 328 Å². The second-order valence-corrected chi connectivity index (χ2v) is 24.9. The first-order valence-electron chi connectivity index (χ1n) is 32.5. The van der Waals surface area contributed by atoms with Gasteiger partial charge in [-0.15, -0.1) is 0 Å². The van der Waals surface area contributed by atoms with E-state index in [0.717, 1.165) is 44.9 Å². The number of aliphatic hydroxyl groups excluding tert-OH is 1. The summed E-state index contributed by atoms with van der Waals surface area (Å²) in [5.41, 5.74) is 0. The monoisotopic (exact) mass is 1080 g/mol. The molecule has 0 aromatic heterocycles. The number of phosphoric ester groups is 1. The Bertz CT molecular complexity index is 1360. The molecule has 0 fully saturated rings. The maximum Gasteiger partial charge on any atom is 0.472 e. The van der Waals surface area contributed by atoms with Gasteiger partial charge in [0, 0.05) is 6.42 Å². The van der Waals surface area contributed by atoms with Gasteiger partial charge in [0.15, 0.2) is 0 Å². The normalized spacial score (nSPS) is 14.1. The van der Waals surface area contributed by atoms with E-state index in [9.17, 15) is 19.4 Å². The number of phosphoric acid groups is 1. The molecule has 0 saturated carbocycles. The van der Waals surface area contributed by atoms with Gasteiger partial charge in [-0.05, 0) is 70.6 Å². The lowest BCUT2D eigenvalue weighted by Gasteiger charge is -2.25. The smallest absolute Gasteiger partial charge is 0.387 e. The summed E-state index contributed by atoms with van der Waals surface area (Å²) in [6.45, 7) is 4.82. The number of allylic oxidation sites excluding steroid dienone is 7. The van der Waals surface area contributed by atoms with Crippen LogP contribution >= 0.6 is 7.82 Å². The van der Waals surface area contributed by atoms with Gasteiger partial charge in [-0.1, -0.05) is 287 Å². The Kier molecular flexibility index (Phi) is 56.0. The van der Waals surface area contributed by atoms with Crippen LogP contribution in [-0.2, 0) is 18.4 Å². The van der Waals surface area contributed by atoms with Gasteiger partial charge in [-0.25, -0.2) is 4.57 Å². The fourth-order valence-electron chi connectivity index (χ4n) is 9.66. The highest BCUT2D eigenvalue weighted by molar-refractivity contribution is 7.47. The van der Waals surface area contributed by atoms with Crippen molar-refractivity contribution in [3.05, 3.63) is 48.6 Å². The maximum atomic E-state index is 13.0. The predicted molar refractivity (Wildman–Crippen MR) is 327 cm³/mol. The molecular formula is C66H128N2O6P+. The molecule has 0 radical (unpaired) electrons. The van der Waals surface area contributed by atoms with Crippen LogP contribution in [0.25, 0.3) is 0 Å². The molecule has 75 heavy (non-hydrogen) atoms. The average molecular weight is 1080 g/mol. The molecule has 3 unspecified atom stereocenters. The van der Waals surface area contributed by atoms with Crippen molar-refractivity contribution >= 4 is 13.7 Å². The number of rotatable bonds is 60. The lowest BCUT2D eigenvalue weighted by molar-refractivity contribution is -0.870. The van der Waals surface area contributed by atoms with Crippen LogP contribution in [0.15, 0.2) is 48.6 Å². The Morgan fingerprint density at radius 3 is 1.07 bits per heavy atom. The molecule has 8 nitrogen and oxygen atoms in total. The molecule has 442 valence electrons. The molecule has 0 aliphatic carbocycles. The summed E-state index contributed by atoms with van der Waals surface area (Å²) >= 11 is 0. The molecule has 3 atom stereocenters. The number of likely N-dealkylation sites (N-methyl/N-ethyl adjacent to an activating group) is 1. The lowest BCUT2D eigenvalue weighted by atomic mass is 10.0. The zero-order chi connectivity index (χ0) is 54.9. The van der Waals surface area contributed by atoms with Gasteiger partial charge in [0.2, 0.25) is 5.91 Å². The number of aliphatic hydroxyl groups is 1. The molecule has 9 heteroatoms. The van der Waals surface area contributed by atoms with E-state index in [2.05, 4.69) is 55.6 Å². The minimum Gasteiger partial charge on any atom is -0.387 e. The molecule has 0 aromatic rings. The molecule has 0 aliphatic rings. The van der Waals surface area contributed by atoms with Crippen molar-refractivity contribution in [2.24, 2.45) is 0 Å². The van der Waals surface area contributed by atoms with Crippen molar-refractivity contribution in [1.82, 2.24) is 5.32 Å². The zero-order valence-electron chi connectivity index (χ0n) is 50.6. The summed E-state index contributed by atoms with van der Waals surface area (Å²) in [4.78, 5) is 23.3. The molecule has 0 aliphatic heterocycles. The summed E-state index contributed by atoms with van der Waals surface area (Å²) in [6.07, 6.45) is 76.8. The maximum absolute atomic E-state index is 13.0. The first-order chi connectivity index (χ1) is 36.5. The number of nitrogens with zero attached hydrogens (tertiary/aromatic N) is 1. The summed E-state index contributed by atoms with van der Waals surface area (Å²) in [6, 6.07) is -0.873. The van der Waals surface area contributed by atoms with Gasteiger partial charge < -0.3 is 19.8 Å². The third kappa shape index (κ3) is 60.0. The third-order valence-electron chi connectivity index (χ3n) is 14.7. The summed E-state index contributed by atoms with van der Waals surface area (Å²) in [5, 5.41) is 13.9. The van der Waals surface area contributed by atoms with Gasteiger partial charge in [-0.2, -0.15) is 0 Å². The highest BCUT2D eigenvalue weighted by atomic mass is 31.2. The van der Waals surface area contributed by atoms with Crippen LogP contribution in [0.1, 0.15) is 316 Å². The molecular weight excluding hydrogens is 948 g/mol. The molecule has 0 spiro atoms. The first kappa shape index (κ1) is 73.5. The number of amides is 1. The predicted octanol–water partition coefficient (Wildman–Crippen LogP) is 20.3. The van der Waals surface area contributed by atoms with Crippen LogP contribution in [-0.4, -0.2) is 73.4 Å². The fraction of sp³-hybridized carbons (Fsp3) is 0.864. The number of nitrogens with one attached hydrogen (secondary N) is 1. The van der Waals surface area contributed by atoms with E-state index in [1.165, 1.54) is 250 Å². The van der Waals surface area contributed by atoms with E-state index in [1.807, 2.05) is 27.2 Å². The highest BCUT2D eigenvalue weighted by Gasteiger charge is 2.27. The van der Waals surface area contributed by atoms with Crippen molar-refractivity contribution in [1.29, 1.82) is 0 Å². The molecule has 0 aromatic carbocycles. The number of hydrogen-bond acceptors (Lipinski definition) is 5. The van der Waals surface area contributed by atoms with E-state index in [1.54, 1.807) is 6.08 Å². The number of hydrogen-bond donors (Lipinski definition) is 3. The molecule has 3 N–H and O–H groups in total. The zero-order valence-corrected chi connectivity index (χ0v) is 51.4. The standard InChI is InChI=1S/C66H127N2O6P/c1-6-8-10-12-14-16-18-20-22-24-26-28-29-30-31-32-33-34-35-36-37-38-40-41-43-45-47-49-51-53-55-57-59-65(69)64(63-74-75(71,72)73-62-61-68(3,4)5)67-66(70)60-58-56-54-52-50-48-46-44-42-39-27-25-23-21-19-17-15-13-11-9-7-2/h25,27,41,43,49,51,57,59,64-65,69H,6-24,26,28-40,42,44-48,50,52-56,58,60-63H2,1-5H3,(H-,67,70,71,72)/p+1/b27-25-,43-41+,51-49+,59-57+. The molecule has 0 heterocycles. The van der Waals surface area contributed by atoms with E-state index in [-0.39, 0.29) is 19.1 Å². The quantitative estimate of drug-likeness (QED) is 0.0243. The van der Waals surface area contributed by atoms with Crippen LogP contribution in [0.4, 0.5) is 0 Å². The number of carbonyl (C=O) groups is 1. The topological polar surface area (TPSA) is 105 Å². The summed E-state index contributed by atoms with van der Waals surface area (Å²) in [5.74, 6) is -0.190. The number of unbranched alkanes of at least 4 members (excludes halogenated alkanes) is 41. The van der Waals surface area contributed by atoms with Crippen LogP contribution < -0.4 is 5.32 Å². The SMILES string of the molecule is CCCCCCCCCC/C=C\CCCCCCCCCCCC(=O)NC(COP(=O)(O)OCC[N+](C)(C)C)C(O)/C=C/CC/C=C/CC/C=C/CCCCCCCCCCCCCCCCCCCCCCCC. The number of carbonyl (C=O) groups excluding carboxylic acids is 1. The number of quaternary nitrogens is 1. The molecule has 0 saturated heterocycles. The average Bonchev–Trinajstić information content (AvgIpc) is 3.37. The Morgan fingerprint density at radius 2 is 0.733 bits per heavy atom. The minimum absolute atomic E-state index is 0.0529. The minimum atomic E-state index is -4.36. The van der Waals surface area contributed by atoms with E-state index in [0.29, 0.717) is 17.4 Å². The summed E-state index contributed by atoms with van der Waals surface area (Å²) < 4.78 is 23.7. The Balaban J connectivity index is 4.17. The third-order valence-corrected chi connectivity index (χ3v) is 15.7. The van der Waals surface area contributed by atoms with Crippen molar-refractivity contribution in [3.63, 3.8) is 0 Å². The molecule has 0 bridgehead atoms. The van der Waals surface area contributed by atoms with Gasteiger partial charge in [0.25, 0.3) is 0 Å². The van der Waals surface area contributed by atoms with Crippen LogP contribution in [0.2, 0.25) is 0 Å². The largest absolute Gasteiger partial charge is 0.472 e. The van der Waals surface area contributed by atoms with Crippen LogP contribution in [0.5, 0.6) is 0 Å². The fourth-order valence-corrected chi connectivity index (χ4v) is 10.4. The Labute approximate surface area is 467 Å². The van der Waals surface area contributed by atoms with E-state index < -0.39 is 20.0 Å². The second kappa shape index (κ2) is 57.2. The van der Waals surface area contributed by atoms with Gasteiger partial charge in [0.1, 0.15) is 13.2 Å². The molecule has 0 rings (SSSR count). The van der Waals surface area contributed by atoms with Crippen molar-refractivity contribution in [2.75, 3.05) is 40.9 Å².